The van der Waals surface area contributed by atoms with Crippen molar-refractivity contribution in [3.63, 3.8) is 0 Å². The van der Waals surface area contributed by atoms with Crippen molar-refractivity contribution in [1.82, 2.24) is 4.90 Å². The Morgan fingerprint density at radius 3 is 2.56 bits per heavy atom. The standard InChI is InChI=1S/C17H18F3NO5S/c1-2-7-14-10-6-11-15(26-27(23,24)17(18,19)20)21(14)16(22)25-12-13-8-4-3-5-9-13/h2-5,8-9,11,14H,1,6-7,10,12H2. The van der Waals surface area contributed by atoms with Crippen LogP contribution < -0.4 is 0 Å². The van der Waals surface area contributed by atoms with Crippen LogP contribution in [0.25, 0.3) is 0 Å². The first-order chi connectivity index (χ1) is 12.7. The van der Waals surface area contributed by atoms with E-state index in [0.717, 1.165) is 11.0 Å². The number of benzene rings is 1. The highest BCUT2D eigenvalue weighted by Crippen LogP contribution is 2.32. The maximum atomic E-state index is 12.6. The van der Waals surface area contributed by atoms with Crippen LogP contribution in [0, 0.1) is 0 Å². The van der Waals surface area contributed by atoms with Crippen molar-refractivity contribution in [3.8, 4) is 0 Å². The first kappa shape index (κ1) is 20.8. The van der Waals surface area contributed by atoms with Gasteiger partial charge in [0.05, 0.1) is 0 Å². The van der Waals surface area contributed by atoms with E-state index in [4.69, 9.17) is 4.74 Å². The van der Waals surface area contributed by atoms with E-state index in [1.807, 2.05) is 0 Å². The van der Waals surface area contributed by atoms with Crippen LogP contribution in [-0.2, 0) is 25.6 Å². The average molecular weight is 405 g/mol. The van der Waals surface area contributed by atoms with E-state index in [9.17, 15) is 26.4 Å². The summed E-state index contributed by atoms with van der Waals surface area (Å²) in [5.41, 5.74) is -4.95. The number of hydrogen-bond donors (Lipinski definition) is 0. The predicted molar refractivity (Wildman–Crippen MR) is 90.4 cm³/mol. The molecule has 0 saturated heterocycles. The lowest BCUT2D eigenvalue weighted by Gasteiger charge is -2.34. The molecule has 10 heteroatoms. The molecule has 1 aromatic rings. The molecule has 27 heavy (non-hydrogen) atoms. The summed E-state index contributed by atoms with van der Waals surface area (Å²) in [6.45, 7) is 3.42. The average Bonchev–Trinajstić information content (AvgIpc) is 2.60. The molecule has 0 saturated carbocycles. The van der Waals surface area contributed by atoms with Gasteiger partial charge in [-0.1, -0.05) is 36.4 Å². The van der Waals surface area contributed by atoms with Crippen LogP contribution in [0.2, 0.25) is 0 Å². The van der Waals surface area contributed by atoms with Gasteiger partial charge < -0.3 is 8.92 Å². The number of carbonyl (C=O) groups excluding carboxylic acids is 1. The summed E-state index contributed by atoms with van der Waals surface area (Å²) in [5.74, 6) is -0.719. The number of nitrogens with zero attached hydrogens (tertiary/aromatic N) is 1. The minimum Gasteiger partial charge on any atom is -0.444 e. The molecule has 1 aromatic carbocycles. The lowest BCUT2D eigenvalue weighted by Crippen LogP contribution is -2.43. The number of halogens is 3. The number of allylic oxidation sites excluding steroid dienone is 1. The van der Waals surface area contributed by atoms with Crippen molar-refractivity contribution in [2.45, 2.75) is 37.4 Å². The molecule has 0 spiro atoms. The molecule has 0 fully saturated rings. The zero-order valence-electron chi connectivity index (χ0n) is 14.2. The van der Waals surface area contributed by atoms with E-state index in [2.05, 4.69) is 10.8 Å². The molecule has 1 unspecified atom stereocenters. The molecule has 0 aliphatic carbocycles. The summed E-state index contributed by atoms with van der Waals surface area (Å²) in [5, 5.41) is 0. The quantitative estimate of drug-likeness (QED) is 0.405. The van der Waals surface area contributed by atoms with Crippen molar-refractivity contribution in [2.24, 2.45) is 0 Å². The zero-order valence-corrected chi connectivity index (χ0v) is 15.0. The number of amides is 1. The third kappa shape index (κ3) is 5.25. The van der Waals surface area contributed by atoms with E-state index in [0.29, 0.717) is 12.0 Å². The Bertz CT molecular complexity index is 806. The van der Waals surface area contributed by atoms with Gasteiger partial charge in [-0.3, -0.25) is 0 Å². The molecule has 1 aliphatic rings. The molecule has 0 aromatic heterocycles. The summed E-state index contributed by atoms with van der Waals surface area (Å²) in [7, 11) is -5.91. The van der Waals surface area contributed by atoms with Crippen molar-refractivity contribution >= 4 is 16.2 Å². The molecule has 6 nitrogen and oxygen atoms in total. The predicted octanol–water partition coefficient (Wildman–Crippen LogP) is 4.07. The molecule has 1 heterocycles. The summed E-state index contributed by atoms with van der Waals surface area (Å²) in [4.78, 5) is 13.3. The van der Waals surface area contributed by atoms with E-state index < -0.39 is 33.6 Å². The second kappa shape index (κ2) is 8.47. The van der Waals surface area contributed by atoms with Crippen LogP contribution in [-0.4, -0.2) is 31.0 Å². The Balaban J connectivity index is 2.22. The van der Waals surface area contributed by atoms with Crippen molar-refractivity contribution in [3.05, 3.63) is 60.5 Å². The van der Waals surface area contributed by atoms with Gasteiger partial charge in [-0.05, 0) is 30.9 Å². The minimum absolute atomic E-state index is 0.129. The fourth-order valence-electron chi connectivity index (χ4n) is 2.48. The fraction of sp³-hybridized carbons (Fsp3) is 0.353. The highest BCUT2D eigenvalue weighted by atomic mass is 32.2. The van der Waals surface area contributed by atoms with Crippen molar-refractivity contribution < 1.29 is 35.3 Å². The molecule has 0 radical (unpaired) electrons. The molecule has 1 amide bonds. The van der Waals surface area contributed by atoms with Crippen molar-refractivity contribution in [2.75, 3.05) is 0 Å². The maximum Gasteiger partial charge on any atom is 0.534 e. The van der Waals surface area contributed by atoms with Gasteiger partial charge >= 0.3 is 21.7 Å². The van der Waals surface area contributed by atoms with Gasteiger partial charge in [0, 0.05) is 6.04 Å². The van der Waals surface area contributed by atoms with Gasteiger partial charge in [-0.2, -0.15) is 21.6 Å². The van der Waals surface area contributed by atoms with Crippen LogP contribution in [0.1, 0.15) is 24.8 Å². The molecular formula is C17H18F3NO5S. The Morgan fingerprint density at radius 2 is 1.96 bits per heavy atom. The molecular weight excluding hydrogens is 387 g/mol. The van der Waals surface area contributed by atoms with E-state index in [1.165, 1.54) is 6.08 Å². The Kier molecular flexibility index (Phi) is 6.53. The topological polar surface area (TPSA) is 72.9 Å². The van der Waals surface area contributed by atoms with Gasteiger partial charge in [-0.25, -0.2) is 9.69 Å². The molecule has 1 aliphatic heterocycles. The second-order valence-electron chi connectivity index (χ2n) is 5.69. The molecule has 2 rings (SSSR count). The molecule has 148 valence electrons. The van der Waals surface area contributed by atoms with E-state index >= 15 is 0 Å². The zero-order chi connectivity index (χ0) is 20.1. The number of alkyl halides is 3. The van der Waals surface area contributed by atoms with Crippen LogP contribution in [0.15, 0.2) is 54.9 Å². The van der Waals surface area contributed by atoms with E-state index in [1.54, 1.807) is 30.3 Å². The molecule has 0 bridgehead atoms. The third-order valence-electron chi connectivity index (χ3n) is 3.74. The summed E-state index contributed by atoms with van der Waals surface area (Å²) in [6, 6.07) is 8.00. The van der Waals surface area contributed by atoms with Crippen LogP contribution >= 0.6 is 0 Å². The number of rotatable bonds is 6. The Labute approximate surface area is 155 Å². The van der Waals surface area contributed by atoms with Gasteiger partial charge in [0.25, 0.3) is 0 Å². The van der Waals surface area contributed by atoms with Gasteiger partial charge in [0.2, 0.25) is 5.88 Å². The minimum atomic E-state index is -5.91. The van der Waals surface area contributed by atoms with Crippen LogP contribution in [0.4, 0.5) is 18.0 Å². The number of ether oxygens (including phenoxy) is 1. The SMILES string of the molecule is C=CCC1CCC=C(OS(=O)(=O)C(F)(F)F)N1C(=O)OCc1ccccc1. The molecule has 1 atom stereocenters. The normalized spacial score (nSPS) is 17.8. The monoisotopic (exact) mass is 405 g/mol. The van der Waals surface area contributed by atoms with E-state index in [-0.39, 0.29) is 19.4 Å². The first-order valence-electron chi connectivity index (χ1n) is 7.97. The summed E-state index contributed by atoms with van der Waals surface area (Å²) in [6.07, 6.45) is 2.45. The van der Waals surface area contributed by atoms with Gasteiger partial charge in [0.1, 0.15) is 6.61 Å². The highest BCUT2D eigenvalue weighted by molar-refractivity contribution is 7.87. The highest BCUT2D eigenvalue weighted by Gasteiger charge is 2.50. The lowest BCUT2D eigenvalue weighted by molar-refractivity contribution is -0.0544. The molecule has 0 N–H and O–H groups in total. The van der Waals surface area contributed by atoms with Crippen LogP contribution in [0.5, 0.6) is 0 Å². The van der Waals surface area contributed by atoms with Gasteiger partial charge in [0.15, 0.2) is 0 Å². The largest absolute Gasteiger partial charge is 0.534 e. The van der Waals surface area contributed by atoms with Crippen molar-refractivity contribution in [1.29, 1.82) is 0 Å². The Morgan fingerprint density at radius 1 is 1.30 bits per heavy atom. The summed E-state index contributed by atoms with van der Waals surface area (Å²) >= 11 is 0. The second-order valence-corrected chi connectivity index (χ2v) is 7.23. The maximum absolute atomic E-state index is 12.6. The summed E-state index contributed by atoms with van der Waals surface area (Å²) < 4.78 is 69.9. The first-order valence-corrected chi connectivity index (χ1v) is 9.38. The smallest absolute Gasteiger partial charge is 0.444 e. The number of carbonyl (C=O) groups is 1. The van der Waals surface area contributed by atoms with Gasteiger partial charge in [-0.15, -0.1) is 6.58 Å². The lowest BCUT2D eigenvalue weighted by atomic mass is 10.0. The third-order valence-corrected chi connectivity index (χ3v) is 4.70. The Hall–Kier alpha value is -2.49. The van der Waals surface area contributed by atoms with Crippen LogP contribution in [0.3, 0.4) is 0 Å². The number of hydrogen-bond acceptors (Lipinski definition) is 5. The fourth-order valence-corrected chi connectivity index (χ4v) is 2.95.